The number of fused-ring (bicyclic) bond motifs is 2. The molecule has 5 heteroatoms. The summed E-state index contributed by atoms with van der Waals surface area (Å²) in [7, 11) is 0. The van der Waals surface area contributed by atoms with Gasteiger partial charge in [-0.15, -0.1) is 0 Å². The van der Waals surface area contributed by atoms with Gasteiger partial charge in [-0.3, -0.25) is 9.20 Å². The van der Waals surface area contributed by atoms with E-state index in [-0.39, 0.29) is 12.2 Å². The van der Waals surface area contributed by atoms with Crippen LogP contribution in [0.3, 0.4) is 0 Å². The highest BCUT2D eigenvalue weighted by atomic mass is 16.5. The smallest absolute Gasteiger partial charge is 0.339 e. The van der Waals surface area contributed by atoms with E-state index in [0.717, 1.165) is 16.5 Å². The molecule has 2 heterocycles. The normalized spacial score (nSPS) is 11.0. The van der Waals surface area contributed by atoms with E-state index in [1.807, 2.05) is 55.5 Å². The second-order valence-corrected chi connectivity index (χ2v) is 6.05. The van der Waals surface area contributed by atoms with Gasteiger partial charge in [0.15, 0.2) is 0 Å². The molecule has 0 unspecified atom stereocenters. The van der Waals surface area contributed by atoms with Crippen LogP contribution >= 0.6 is 0 Å². The van der Waals surface area contributed by atoms with Crippen molar-refractivity contribution in [1.82, 2.24) is 9.38 Å². The highest BCUT2D eigenvalue weighted by Crippen LogP contribution is 2.19. The molecule has 0 saturated carbocycles. The van der Waals surface area contributed by atoms with Crippen LogP contribution in [0.25, 0.3) is 16.4 Å². The van der Waals surface area contributed by atoms with Crippen molar-refractivity contribution in [3.63, 3.8) is 0 Å². The monoisotopic (exact) mass is 344 g/mol. The van der Waals surface area contributed by atoms with Crippen LogP contribution in [0.15, 0.2) is 71.5 Å². The molecule has 0 aliphatic heterocycles. The fraction of sp³-hybridized carbons (Fsp3) is 0.0952. The van der Waals surface area contributed by atoms with Gasteiger partial charge in [0.2, 0.25) is 0 Å². The van der Waals surface area contributed by atoms with E-state index in [4.69, 9.17) is 4.74 Å². The first-order chi connectivity index (χ1) is 12.6. The number of aromatic nitrogens is 2. The molecule has 0 bridgehead atoms. The Morgan fingerprint density at radius 3 is 2.69 bits per heavy atom. The lowest BCUT2D eigenvalue weighted by Crippen LogP contribution is -2.18. The Hall–Kier alpha value is -3.47. The number of pyridine rings is 1. The summed E-state index contributed by atoms with van der Waals surface area (Å²) in [4.78, 5) is 29.2. The van der Waals surface area contributed by atoms with E-state index in [1.165, 1.54) is 10.5 Å². The first-order valence-electron chi connectivity index (χ1n) is 8.27. The van der Waals surface area contributed by atoms with E-state index >= 15 is 0 Å². The fourth-order valence-electron chi connectivity index (χ4n) is 3.06. The second-order valence-electron chi connectivity index (χ2n) is 6.05. The highest BCUT2D eigenvalue weighted by molar-refractivity contribution is 6.04. The zero-order valence-corrected chi connectivity index (χ0v) is 14.2. The van der Waals surface area contributed by atoms with E-state index in [1.54, 1.807) is 12.1 Å². The molecule has 0 amide bonds. The van der Waals surface area contributed by atoms with Gasteiger partial charge in [-0.25, -0.2) is 9.78 Å². The Morgan fingerprint density at radius 2 is 1.81 bits per heavy atom. The summed E-state index contributed by atoms with van der Waals surface area (Å²) in [6.45, 7) is 1.79. The minimum atomic E-state index is -0.437. The minimum absolute atomic E-state index is 0.0538. The standard InChI is InChI=1S/C21H16N2O3/c1-14-6-4-11-19-22-16(12-20(24)23(14)19)13-26-21(25)18-10-5-8-15-7-2-3-9-17(15)18/h2-12H,13H2,1H3. The number of benzene rings is 2. The molecule has 2 aromatic carbocycles. The molecule has 0 N–H and O–H groups in total. The summed E-state index contributed by atoms with van der Waals surface area (Å²) < 4.78 is 6.93. The number of carbonyl (C=O) groups excluding carboxylic acids is 1. The molecule has 0 fully saturated rings. The van der Waals surface area contributed by atoms with Crippen LogP contribution in [0.2, 0.25) is 0 Å². The Balaban J connectivity index is 1.62. The number of esters is 1. The van der Waals surface area contributed by atoms with Crippen LogP contribution < -0.4 is 5.56 Å². The molecule has 0 saturated heterocycles. The topological polar surface area (TPSA) is 60.7 Å². The highest BCUT2D eigenvalue weighted by Gasteiger charge is 2.12. The van der Waals surface area contributed by atoms with Gasteiger partial charge >= 0.3 is 5.97 Å². The second kappa shape index (κ2) is 6.44. The molecule has 4 rings (SSSR count). The Bertz CT molecular complexity index is 1190. The lowest BCUT2D eigenvalue weighted by molar-refractivity contribution is 0.0470. The Labute approximate surface area is 149 Å². The maximum atomic E-state index is 12.5. The summed E-state index contributed by atoms with van der Waals surface area (Å²) in [5.41, 5.74) is 2.07. The van der Waals surface area contributed by atoms with Crippen LogP contribution in [-0.2, 0) is 11.3 Å². The van der Waals surface area contributed by atoms with Crippen molar-refractivity contribution in [3.8, 4) is 0 Å². The van der Waals surface area contributed by atoms with Crippen molar-refractivity contribution in [2.75, 3.05) is 0 Å². The predicted molar refractivity (Wildman–Crippen MR) is 99.3 cm³/mol. The molecule has 4 aromatic rings. The van der Waals surface area contributed by atoms with Crippen molar-refractivity contribution in [3.05, 3.63) is 94.0 Å². The van der Waals surface area contributed by atoms with Crippen molar-refractivity contribution < 1.29 is 9.53 Å². The quantitative estimate of drug-likeness (QED) is 0.534. The minimum Gasteiger partial charge on any atom is -0.456 e. The van der Waals surface area contributed by atoms with Gasteiger partial charge in [0.1, 0.15) is 12.3 Å². The van der Waals surface area contributed by atoms with Gasteiger partial charge < -0.3 is 4.74 Å². The number of rotatable bonds is 3. The third-order valence-corrected chi connectivity index (χ3v) is 4.29. The van der Waals surface area contributed by atoms with Crippen LogP contribution in [0.1, 0.15) is 21.7 Å². The third-order valence-electron chi connectivity index (χ3n) is 4.29. The van der Waals surface area contributed by atoms with Gasteiger partial charge in [-0.1, -0.05) is 42.5 Å². The molecular weight excluding hydrogens is 328 g/mol. The molecule has 0 spiro atoms. The Kier molecular flexibility index (Phi) is 3.97. The van der Waals surface area contributed by atoms with Gasteiger partial charge in [0, 0.05) is 11.8 Å². The molecule has 0 radical (unpaired) electrons. The third kappa shape index (κ3) is 2.84. The molecule has 5 nitrogen and oxygen atoms in total. The van der Waals surface area contributed by atoms with Crippen LogP contribution in [0.4, 0.5) is 0 Å². The van der Waals surface area contributed by atoms with Crippen molar-refractivity contribution >= 4 is 22.4 Å². The summed E-state index contributed by atoms with van der Waals surface area (Å²) in [6, 6.07) is 20.0. The maximum Gasteiger partial charge on any atom is 0.339 e. The van der Waals surface area contributed by atoms with Gasteiger partial charge in [0.25, 0.3) is 5.56 Å². The number of aryl methyl sites for hydroxylation is 1. The van der Waals surface area contributed by atoms with Crippen LogP contribution in [0.5, 0.6) is 0 Å². The van der Waals surface area contributed by atoms with E-state index in [2.05, 4.69) is 4.98 Å². The number of carbonyl (C=O) groups is 1. The van der Waals surface area contributed by atoms with Crippen molar-refractivity contribution in [2.24, 2.45) is 0 Å². The van der Waals surface area contributed by atoms with Gasteiger partial charge in [-0.05, 0) is 35.9 Å². The summed E-state index contributed by atoms with van der Waals surface area (Å²) in [5.74, 6) is -0.437. The van der Waals surface area contributed by atoms with Crippen LogP contribution in [0, 0.1) is 6.92 Å². The van der Waals surface area contributed by atoms with E-state index < -0.39 is 5.97 Å². The Morgan fingerprint density at radius 1 is 1.04 bits per heavy atom. The first kappa shape index (κ1) is 16.0. The summed E-state index contributed by atoms with van der Waals surface area (Å²) >= 11 is 0. The SMILES string of the molecule is Cc1cccc2nc(COC(=O)c3cccc4ccccc34)cc(=O)n12. The number of nitrogens with zero attached hydrogens (tertiary/aromatic N) is 2. The molecule has 0 aliphatic carbocycles. The van der Waals surface area contributed by atoms with Crippen molar-refractivity contribution in [2.45, 2.75) is 13.5 Å². The molecule has 128 valence electrons. The molecule has 0 aliphatic rings. The van der Waals surface area contributed by atoms with E-state index in [0.29, 0.717) is 16.9 Å². The molecule has 26 heavy (non-hydrogen) atoms. The predicted octanol–water partition coefficient (Wildman–Crippen LogP) is 3.51. The van der Waals surface area contributed by atoms with Crippen molar-refractivity contribution in [1.29, 1.82) is 0 Å². The molecule has 2 aromatic heterocycles. The van der Waals surface area contributed by atoms with Gasteiger partial charge in [0.05, 0.1) is 11.3 Å². The largest absolute Gasteiger partial charge is 0.456 e. The zero-order valence-electron chi connectivity index (χ0n) is 14.2. The fourth-order valence-corrected chi connectivity index (χ4v) is 3.06. The van der Waals surface area contributed by atoms with Crippen LogP contribution in [-0.4, -0.2) is 15.4 Å². The molecular formula is C21H16N2O3. The first-order valence-corrected chi connectivity index (χ1v) is 8.27. The maximum absolute atomic E-state index is 12.5. The summed E-state index contributed by atoms with van der Waals surface area (Å²) in [6.07, 6.45) is 0. The molecule has 0 atom stereocenters. The number of ether oxygens (including phenoxy) is 1. The average molecular weight is 344 g/mol. The van der Waals surface area contributed by atoms with E-state index in [9.17, 15) is 9.59 Å². The average Bonchev–Trinajstić information content (AvgIpc) is 2.65. The number of hydrogen-bond donors (Lipinski definition) is 0. The summed E-state index contributed by atoms with van der Waals surface area (Å²) in [5, 5.41) is 1.81. The zero-order chi connectivity index (χ0) is 18.1. The lowest BCUT2D eigenvalue weighted by Gasteiger charge is -2.09. The van der Waals surface area contributed by atoms with Gasteiger partial charge in [-0.2, -0.15) is 0 Å². The number of hydrogen-bond acceptors (Lipinski definition) is 4. The lowest BCUT2D eigenvalue weighted by atomic mass is 10.1.